The summed E-state index contributed by atoms with van der Waals surface area (Å²) < 4.78 is 5.70. The van der Waals surface area contributed by atoms with E-state index in [0.717, 1.165) is 5.56 Å². The van der Waals surface area contributed by atoms with Gasteiger partial charge in [-0.15, -0.1) is 0 Å². The normalized spacial score (nSPS) is 20.2. The molecule has 3 rings (SSSR count). The van der Waals surface area contributed by atoms with Crippen molar-refractivity contribution in [3.63, 3.8) is 0 Å². The van der Waals surface area contributed by atoms with Crippen LogP contribution in [0, 0.1) is 0 Å². The molecule has 1 amide bonds. The van der Waals surface area contributed by atoms with Crippen LogP contribution in [0.5, 0.6) is 5.75 Å². The van der Waals surface area contributed by atoms with Crippen LogP contribution in [0.4, 0.5) is 0 Å². The molecule has 0 aliphatic carbocycles. The van der Waals surface area contributed by atoms with Crippen molar-refractivity contribution in [1.29, 1.82) is 0 Å². The van der Waals surface area contributed by atoms with Crippen LogP contribution in [0.1, 0.15) is 15.9 Å². The lowest BCUT2D eigenvalue weighted by Gasteiger charge is -2.15. The average molecular weight is 312 g/mol. The van der Waals surface area contributed by atoms with Crippen LogP contribution in [0.2, 0.25) is 0 Å². The molecule has 0 aromatic heterocycles. The topological polar surface area (TPSA) is 70.6 Å². The van der Waals surface area contributed by atoms with Crippen LogP contribution < -0.4 is 15.4 Å². The van der Waals surface area contributed by atoms with Gasteiger partial charge in [-0.1, -0.05) is 30.3 Å². The molecule has 3 N–H and O–H groups in total. The van der Waals surface area contributed by atoms with E-state index in [2.05, 4.69) is 10.6 Å². The molecule has 1 fully saturated rings. The number of ether oxygens (including phenoxy) is 1. The van der Waals surface area contributed by atoms with Crippen molar-refractivity contribution < 1.29 is 14.6 Å². The zero-order valence-electron chi connectivity index (χ0n) is 12.7. The van der Waals surface area contributed by atoms with Gasteiger partial charge in [-0.25, -0.2) is 0 Å². The zero-order chi connectivity index (χ0) is 16.1. The summed E-state index contributed by atoms with van der Waals surface area (Å²) in [5.41, 5.74) is 1.65. The van der Waals surface area contributed by atoms with Crippen LogP contribution in [-0.4, -0.2) is 36.2 Å². The van der Waals surface area contributed by atoms with Gasteiger partial charge in [0.25, 0.3) is 5.91 Å². The first-order valence-corrected chi connectivity index (χ1v) is 7.69. The Bertz CT molecular complexity index is 643. The van der Waals surface area contributed by atoms with Crippen molar-refractivity contribution in [3.8, 4) is 5.75 Å². The lowest BCUT2D eigenvalue weighted by atomic mass is 10.1. The van der Waals surface area contributed by atoms with Gasteiger partial charge in [0, 0.05) is 18.7 Å². The van der Waals surface area contributed by atoms with Gasteiger partial charge in [0.1, 0.15) is 12.4 Å². The summed E-state index contributed by atoms with van der Waals surface area (Å²) in [4.78, 5) is 12.1. The third-order valence-electron chi connectivity index (χ3n) is 3.86. The number of hydrogen-bond donors (Lipinski definition) is 3. The molecular formula is C18H20N2O3. The molecule has 1 heterocycles. The highest BCUT2D eigenvalue weighted by Gasteiger charge is 2.26. The van der Waals surface area contributed by atoms with E-state index in [1.165, 1.54) is 0 Å². The lowest BCUT2D eigenvalue weighted by Crippen LogP contribution is -2.42. The third kappa shape index (κ3) is 4.09. The number of hydrogen-bond acceptors (Lipinski definition) is 4. The smallest absolute Gasteiger partial charge is 0.251 e. The highest BCUT2D eigenvalue weighted by molar-refractivity contribution is 5.94. The van der Waals surface area contributed by atoms with Crippen molar-refractivity contribution in [1.82, 2.24) is 10.6 Å². The minimum absolute atomic E-state index is 0.188. The number of carbonyl (C=O) groups excluding carboxylic acids is 1. The Morgan fingerprint density at radius 2 is 1.87 bits per heavy atom. The molecule has 1 aliphatic heterocycles. The Labute approximate surface area is 135 Å². The number of nitrogens with one attached hydrogen (secondary N) is 2. The monoisotopic (exact) mass is 312 g/mol. The van der Waals surface area contributed by atoms with E-state index in [1.807, 2.05) is 30.3 Å². The molecule has 23 heavy (non-hydrogen) atoms. The fourth-order valence-corrected chi connectivity index (χ4v) is 2.51. The minimum atomic E-state index is -0.535. The summed E-state index contributed by atoms with van der Waals surface area (Å²) in [6.07, 6.45) is -0.535. The SMILES string of the molecule is O=C(N[C@H]1CNC[C@@H]1O)c1ccc(OCc2ccccc2)cc1. The second-order valence-electron chi connectivity index (χ2n) is 5.60. The second kappa shape index (κ2) is 7.26. The first kappa shape index (κ1) is 15.5. The molecule has 2 aromatic rings. The molecule has 2 aromatic carbocycles. The molecule has 2 atom stereocenters. The van der Waals surface area contributed by atoms with Crippen molar-refractivity contribution in [2.75, 3.05) is 13.1 Å². The number of β-amino-alcohol motifs (C(OH)–C–C–N with tert-alkyl or cyclic N) is 1. The number of amides is 1. The van der Waals surface area contributed by atoms with E-state index in [1.54, 1.807) is 24.3 Å². The number of rotatable bonds is 5. The van der Waals surface area contributed by atoms with E-state index < -0.39 is 6.10 Å². The highest BCUT2D eigenvalue weighted by Crippen LogP contribution is 2.14. The summed E-state index contributed by atoms with van der Waals surface area (Å²) in [6.45, 7) is 1.59. The van der Waals surface area contributed by atoms with Crippen LogP contribution in [0.15, 0.2) is 54.6 Å². The predicted octanol–water partition coefficient (Wildman–Crippen LogP) is 1.33. The van der Waals surface area contributed by atoms with Crippen LogP contribution >= 0.6 is 0 Å². The van der Waals surface area contributed by atoms with E-state index >= 15 is 0 Å². The summed E-state index contributed by atoms with van der Waals surface area (Å²) in [7, 11) is 0. The summed E-state index contributed by atoms with van der Waals surface area (Å²) in [5.74, 6) is 0.528. The Morgan fingerprint density at radius 3 is 2.52 bits per heavy atom. The van der Waals surface area contributed by atoms with Crippen molar-refractivity contribution in [3.05, 3.63) is 65.7 Å². The molecule has 0 bridgehead atoms. The Kier molecular flexibility index (Phi) is 4.90. The van der Waals surface area contributed by atoms with Crippen molar-refractivity contribution in [2.45, 2.75) is 18.8 Å². The summed E-state index contributed by atoms with van der Waals surface area (Å²) in [5, 5.41) is 15.6. The van der Waals surface area contributed by atoms with Crippen molar-refractivity contribution in [2.24, 2.45) is 0 Å². The minimum Gasteiger partial charge on any atom is -0.489 e. The zero-order valence-corrected chi connectivity index (χ0v) is 12.7. The molecule has 1 saturated heterocycles. The Balaban J connectivity index is 1.55. The maximum absolute atomic E-state index is 12.1. The Morgan fingerprint density at radius 1 is 1.13 bits per heavy atom. The molecule has 5 nitrogen and oxygen atoms in total. The number of benzene rings is 2. The molecule has 5 heteroatoms. The fraction of sp³-hybridized carbons (Fsp3) is 0.278. The van der Waals surface area contributed by atoms with Gasteiger partial charge >= 0.3 is 0 Å². The number of aliphatic hydroxyl groups is 1. The van der Waals surface area contributed by atoms with Gasteiger partial charge in [0.2, 0.25) is 0 Å². The van der Waals surface area contributed by atoms with Gasteiger partial charge in [0.15, 0.2) is 0 Å². The number of aliphatic hydroxyl groups excluding tert-OH is 1. The molecule has 0 unspecified atom stereocenters. The maximum atomic E-state index is 12.1. The van der Waals surface area contributed by atoms with Crippen LogP contribution in [-0.2, 0) is 6.61 Å². The Hall–Kier alpha value is -2.37. The largest absolute Gasteiger partial charge is 0.489 e. The highest BCUT2D eigenvalue weighted by atomic mass is 16.5. The van der Waals surface area contributed by atoms with E-state index in [-0.39, 0.29) is 11.9 Å². The first-order chi connectivity index (χ1) is 11.2. The van der Waals surface area contributed by atoms with E-state index in [0.29, 0.717) is 31.0 Å². The van der Waals surface area contributed by atoms with Gasteiger partial charge in [-0.3, -0.25) is 4.79 Å². The quantitative estimate of drug-likeness (QED) is 0.779. The maximum Gasteiger partial charge on any atom is 0.251 e. The average Bonchev–Trinajstić information content (AvgIpc) is 2.99. The lowest BCUT2D eigenvalue weighted by molar-refractivity contribution is 0.0888. The summed E-state index contributed by atoms with van der Waals surface area (Å²) in [6, 6.07) is 16.7. The summed E-state index contributed by atoms with van der Waals surface area (Å²) >= 11 is 0. The van der Waals surface area contributed by atoms with Gasteiger partial charge < -0.3 is 20.5 Å². The van der Waals surface area contributed by atoms with Gasteiger partial charge in [-0.05, 0) is 29.8 Å². The standard InChI is InChI=1S/C18H20N2O3/c21-17-11-19-10-16(17)20-18(22)14-6-8-15(9-7-14)23-12-13-4-2-1-3-5-13/h1-9,16-17,19,21H,10-12H2,(H,20,22)/t16-,17-/m0/s1. The molecule has 0 saturated carbocycles. The number of carbonyl (C=O) groups is 1. The molecule has 0 spiro atoms. The predicted molar refractivity (Wildman–Crippen MR) is 87.3 cm³/mol. The molecule has 0 radical (unpaired) electrons. The van der Waals surface area contributed by atoms with Crippen LogP contribution in [0.25, 0.3) is 0 Å². The van der Waals surface area contributed by atoms with Crippen molar-refractivity contribution >= 4 is 5.91 Å². The van der Waals surface area contributed by atoms with Gasteiger partial charge in [0.05, 0.1) is 12.1 Å². The molecule has 1 aliphatic rings. The molecular weight excluding hydrogens is 292 g/mol. The van der Waals surface area contributed by atoms with Gasteiger partial charge in [-0.2, -0.15) is 0 Å². The van der Waals surface area contributed by atoms with Crippen LogP contribution in [0.3, 0.4) is 0 Å². The first-order valence-electron chi connectivity index (χ1n) is 7.69. The molecule has 120 valence electrons. The second-order valence-corrected chi connectivity index (χ2v) is 5.60. The van der Waals surface area contributed by atoms with E-state index in [9.17, 15) is 9.90 Å². The van der Waals surface area contributed by atoms with E-state index in [4.69, 9.17) is 4.74 Å². The fourth-order valence-electron chi connectivity index (χ4n) is 2.51. The third-order valence-corrected chi connectivity index (χ3v) is 3.86.